The zero-order valence-corrected chi connectivity index (χ0v) is 17.8. The lowest BCUT2D eigenvalue weighted by molar-refractivity contribution is 0.414. The maximum atomic E-state index is 7.90. The zero-order chi connectivity index (χ0) is 21.8. The molecule has 0 saturated carbocycles. The molecule has 3 heterocycles. The molecule has 0 aliphatic rings. The third-order valence-corrected chi connectivity index (χ3v) is 4.97. The fourth-order valence-electron chi connectivity index (χ4n) is 3.23. The Bertz CT molecular complexity index is 1220. The topological polar surface area (TPSA) is 93.1 Å². The van der Waals surface area contributed by atoms with E-state index in [1.165, 1.54) is 6.21 Å². The van der Waals surface area contributed by atoms with Gasteiger partial charge in [-0.15, -0.1) is 0 Å². The van der Waals surface area contributed by atoms with Crippen molar-refractivity contribution < 1.29 is 4.74 Å². The largest absolute Gasteiger partial charge is 0.497 e. The fraction of sp³-hybridized carbons (Fsp3) is 0.217. The molecular weight excluding hydrogens is 390 g/mol. The van der Waals surface area contributed by atoms with Crippen LogP contribution in [0.5, 0.6) is 5.75 Å². The molecule has 8 heteroatoms. The maximum Gasteiger partial charge on any atom is 0.118 e. The van der Waals surface area contributed by atoms with Crippen LogP contribution in [0.4, 0.5) is 0 Å². The average Bonchev–Trinajstić information content (AvgIpc) is 3.46. The highest BCUT2D eigenvalue weighted by molar-refractivity contribution is 6.07. The highest BCUT2D eigenvalue weighted by Gasteiger charge is 2.14. The SMILES string of the molecule is COc1ccc(CN/C=C(\C=N)c2cn3nccc3c(-c3cnn(C(C)C)c3)n2)cc1. The van der Waals surface area contributed by atoms with E-state index in [1.807, 2.05) is 53.6 Å². The Morgan fingerprint density at radius 2 is 1.97 bits per heavy atom. The van der Waals surface area contributed by atoms with Crippen LogP contribution < -0.4 is 10.1 Å². The minimum Gasteiger partial charge on any atom is -0.497 e. The van der Waals surface area contributed by atoms with Crippen molar-refractivity contribution in [2.24, 2.45) is 0 Å². The van der Waals surface area contributed by atoms with Gasteiger partial charge in [-0.2, -0.15) is 10.2 Å². The van der Waals surface area contributed by atoms with E-state index in [0.29, 0.717) is 17.8 Å². The number of hydrogen-bond acceptors (Lipinski definition) is 6. The minimum absolute atomic E-state index is 0.261. The van der Waals surface area contributed by atoms with Crippen LogP contribution in [0.2, 0.25) is 0 Å². The number of ether oxygens (including phenoxy) is 1. The predicted molar refractivity (Wildman–Crippen MR) is 121 cm³/mol. The maximum absolute atomic E-state index is 7.90. The molecule has 1 aromatic carbocycles. The Hall–Kier alpha value is -3.94. The molecule has 31 heavy (non-hydrogen) atoms. The molecule has 0 amide bonds. The van der Waals surface area contributed by atoms with Crippen molar-refractivity contribution in [1.82, 2.24) is 29.7 Å². The molecule has 0 atom stereocenters. The number of aromatic nitrogens is 5. The van der Waals surface area contributed by atoms with Crippen molar-refractivity contribution in [3.63, 3.8) is 0 Å². The van der Waals surface area contributed by atoms with Crippen molar-refractivity contribution in [2.45, 2.75) is 26.4 Å². The summed E-state index contributed by atoms with van der Waals surface area (Å²) in [4.78, 5) is 4.85. The second-order valence-corrected chi connectivity index (χ2v) is 7.41. The monoisotopic (exact) mass is 415 g/mol. The molecule has 0 radical (unpaired) electrons. The first-order valence-corrected chi connectivity index (χ1v) is 10.1. The molecule has 2 N–H and O–H groups in total. The van der Waals surface area contributed by atoms with Crippen LogP contribution in [-0.2, 0) is 6.54 Å². The van der Waals surface area contributed by atoms with Gasteiger partial charge in [-0.1, -0.05) is 12.1 Å². The van der Waals surface area contributed by atoms with Crippen LogP contribution in [0.15, 0.2) is 61.3 Å². The lowest BCUT2D eigenvalue weighted by Gasteiger charge is -2.09. The normalized spacial score (nSPS) is 11.8. The first-order valence-electron chi connectivity index (χ1n) is 10.1. The number of methoxy groups -OCH3 is 1. The lowest BCUT2D eigenvalue weighted by atomic mass is 10.1. The number of rotatable bonds is 8. The average molecular weight is 416 g/mol. The number of nitrogens with zero attached hydrogens (tertiary/aromatic N) is 5. The van der Waals surface area contributed by atoms with E-state index in [0.717, 1.165) is 28.1 Å². The van der Waals surface area contributed by atoms with Crippen molar-refractivity contribution in [3.8, 4) is 17.0 Å². The van der Waals surface area contributed by atoms with E-state index in [-0.39, 0.29) is 6.04 Å². The Kier molecular flexibility index (Phi) is 5.79. The smallest absolute Gasteiger partial charge is 0.118 e. The van der Waals surface area contributed by atoms with Gasteiger partial charge < -0.3 is 15.5 Å². The summed E-state index contributed by atoms with van der Waals surface area (Å²) in [5, 5.41) is 20.0. The molecule has 0 fully saturated rings. The van der Waals surface area contributed by atoms with Crippen LogP contribution in [0.3, 0.4) is 0 Å². The Morgan fingerprint density at radius 1 is 1.16 bits per heavy atom. The standard InChI is InChI=1S/C23H25N7O/c1-16(2)29-14-19(13-27-29)23-22-8-9-26-30(22)15-21(28-23)18(10-24)12-25-11-17-4-6-20(31-3)7-5-17/h4-10,12-16,24-25H,11H2,1-3H3/b18-12+,24-10?. The van der Waals surface area contributed by atoms with Crippen molar-refractivity contribution >= 4 is 17.3 Å². The summed E-state index contributed by atoms with van der Waals surface area (Å²) in [5.41, 5.74) is 5.01. The van der Waals surface area contributed by atoms with Gasteiger partial charge in [-0.3, -0.25) is 4.68 Å². The molecular formula is C23H25N7O. The van der Waals surface area contributed by atoms with Gasteiger partial charge in [0.2, 0.25) is 0 Å². The summed E-state index contributed by atoms with van der Waals surface area (Å²) in [6, 6.07) is 10.0. The molecule has 4 rings (SSSR count). The number of allylic oxidation sites excluding steroid dienone is 1. The van der Waals surface area contributed by atoms with Gasteiger partial charge >= 0.3 is 0 Å². The summed E-state index contributed by atoms with van der Waals surface area (Å²) < 4.78 is 8.88. The van der Waals surface area contributed by atoms with Crippen LogP contribution in [-0.4, -0.2) is 37.7 Å². The molecule has 158 valence electrons. The summed E-state index contributed by atoms with van der Waals surface area (Å²) in [5.74, 6) is 0.824. The number of benzene rings is 1. The van der Waals surface area contributed by atoms with Gasteiger partial charge in [-0.25, -0.2) is 9.50 Å². The third kappa shape index (κ3) is 4.32. The highest BCUT2D eigenvalue weighted by atomic mass is 16.5. The molecule has 0 aliphatic carbocycles. The van der Waals surface area contributed by atoms with E-state index in [4.69, 9.17) is 15.1 Å². The van der Waals surface area contributed by atoms with Crippen LogP contribution in [0.25, 0.3) is 22.3 Å². The number of nitrogens with one attached hydrogen (secondary N) is 2. The minimum atomic E-state index is 0.261. The number of fused-ring (bicyclic) bond motifs is 1. The van der Waals surface area contributed by atoms with E-state index in [1.54, 1.807) is 24.0 Å². The summed E-state index contributed by atoms with van der Waals surface area (Å²) in [6.45, 7) is 4.79. The number of hydrogen-bond donors (Lipinski definition) is 2. The molecule has 4 aromatic rings. The van der Waals surface area contributed by atoms with Gasteiger partial charge in [-0.05, 0) is 37.6 Å². The van der Waals surface area contributed by atoms with E-state index in [9.17, 15) is 0 Å². The third-order valence-electron chi connectivity index (χ3n) is 4.97. The fourth-order valence-corrected chi connectivity index (χ4v) is 3.23. The molecule has 3 aromatic heterocycles. The molecule has 0 unspecified atom stereocenters. The first kappa shape index (κ1) is 20.3. The zero-order valence-electron chi connectivity index (χ0n) is 17.8. The molecule has 0 spiro atoms. The summed E-state index contributed by atoms with van der Waals surface area (Å²) >= 11 is 0. The Morgan fingerprint density at radius 3 is 2.65 bits per heavy atom. The van der Waals surface area contributed by atoms with Gasteiger partial charge in [0, 0.05) is 42.3 Å². The van der Waals surface area contributed by atoms with Crippen LogP contribution >= 0.6 is 0 Å². The Labute approximate surface area is 180 Å². The van der Waals surface area contributed by atoms with Gasteiger partial charge in [0.15, 0.2) is 0 Å². The van der Waals surface area contributed by atoms with Crippen molar-refractivity contribution in [2.75, 3.05) is 7.11 Å². The molecule has 0 aliphatic heterocycles. The molecule has 8 nitrogen and oxygen atoms in total. The van der Waals surface area contributed by atoms with Gasteiger partial charge in [0.25, 0.3) is 0 Å². The second kappa shape index (κ2) is 8.83. The van der Waals surface area contributed by atoms with Crippen LogP contribution in [0, 0.1) is 5.41 Å². The predicted octanol–water partition coefficient (Wildman–Crippen LogP) is 3.96. The highest BCUT2D eigenvalue weighted by Crippen LogP contribution is 2.25. The van der Waals surface area contributed by atoms with E-state index < -0.39 is 0 Å². The van der Waals surface area contributed by atoms with Crippen LogP contribution in [0.1, 0.15) is 31.1 Å². The van der Waals surface area contributed by atoms with E-state index in [2.05, 4.69) is 29.4 Å². The second-order valence-electron chi connectivity index (χ2n) is 7.41. The quantitative estimate of drug-likeness (QED) is 0.425. The summed E-state index contributed by atoms with van der Waals surface area (Å²) in [7, 11) is 1.65. The molecule has 0 saturated heterocycles. The van der Waals surface area contributed by atoms with E-state index >= 15 is 0 Å². The Balaban J connectivity index is 1.63. The van der Waals surface area contributed by atoms with Crippen molar-refractivity contribution in [1.29, 1.82) is 5.41 Å². The lowest BCUT2D eigenvalue weighted by Crippen LogP contribution is -2.08. The van der Waals surface area contributed by atoms with Crippen molar-refractivity contribution in [3.05, 3.63) is 72.6 Å². The van der Waals surface area contributed by atoms with Gasteiger partial charge in [0.05, 0.1) is 42.6 Å². The summed E-state index contributed by atoms with van der Waals surface area (Å²) in [6.07, 6.45) is 10.5. The first-order chi connectivity index (χ1) is 15.1. The van der Waals surface area contributed by atoms with Gasteiger partial charge in [0.1, 0.15) is 5.75 Å². The molecule has 0 bridgehead atoms.